The van der Waals surface area contributed by atoms with E-state index in [0.717, 1.165) is 12.8 Å². The van der Waals surface area contributed by atoms with Gasteiger partial charge in [-0.1, -0.05) is 0 Å². The first-order chi connectivity index (χ1) is 9.74. The van der Waals surface area contributed by atoms with Crippen LogP contribution in [0.15, 0.2) is 18.2 Å². The van der Waals surface area contributed by atoms with Crippen LogP contribution in [0.1, 0.15) is 30.4 Å². The standard InChI is InChI=1S/C15H17N3O2/c16-6-3-14(18)11-1-2-15(12(9-11)10-17)20-13-4-7-19-8-5-13/h1-2,6,9,13,16,18H,3-5,7-8H2. The summed E-state index contributed by atoms with van der Waals surface area (Å²) in [5.74, 6) is 0.561. The average Bonchev–Trinajstić information content (AvgIpc) is 2.49. The molecule has 0 amide bonds. The molecule has 1 aromatic carbocycles. The van der Waals surface area contributed by atoms with Crippen molar-refractivity contribution in [2.24, 2.45) is 0 Å². The van der Waals surface area contributed by atoms with E-state index in [-0.39, 0.29) is 12.5 Å². The molecular formula is C15H17N3O2. The average molecular weight is 271 g/mol. The molecule has 0 aliphatic carbocycles. The molecule has 0 radical (unpaired) electrons. The topological polar surface area (TPSA) is 90.0 Å². The normalized spacial score (nSPS) is 15.3. The predicted octanol–water partition coefficient (Wildman–Crippen LogP) is 2.52. The van der Waals surface area contributed by atoms with Crippen LogP contribution in [0, 0.1) is 22.1 Å². The zero-order valence-electron chi connectivity index (χ0n) is 11.2. The van der Waals surface area contributed by atoms with Gasteiger partial charge in [-0.05, 0) is 23.8 Å². The van der Waals surface area contributed by atoms with Gasteiger partial charge in [-0.25, -0.2) is 0 Å². The summed E-state index contributed by atoms with van der Waals surface area (Å²) in [4.78, 5) is 0. The van der Waals surface area contributed by atoms with Crippen molar-refractivity contribution in [2.45, 2.75) is 25.4 Å². The number of nitriles is 1. The fourth-order valence-electron chi connectivity index (χ4n) is 2.10. The van der Waals surface area contributed by atoms with Crippen LogP contribution in [0.25, 0.3) is 0 Å². The molecule has 104 valence electrons. The van der Waals surface area contributed by atoms with Crippen LogP contribution in [-0.2, 0) is 4.74 Å². The number of hydrogen-bond acceptors (Lipinski definition) is 5. The highest BCUT2D eigenvalue weighted by molar-refractivity contribution is 6.05. The molecule has 20 heavy (non-hydrogen) atoms. The van der Waals surface area contributed by atoms with Crippen molar-refractivity contribution in [3.05, 3.63) is 29.3 Å². The molecule has 0 aromatic heterocycles. The van der Waals surface area contributed by atoms with Crippen molar-refractivity contribution in [3.63, 3.8) is 0 Å². The molecule has 5 heteroatoms. The van der Waals surface area contributed by atoms with E-state index in [1.54, 1.807) is 18.2 Å². The lowest BCUT2D eigenvalue weighted by atomic mass is 10.0. The Hall–Kier alpha value is -2.19. The Balaban J connectivity index is 2.15. The number of rotatable bonds is 5. The molecule has 0 bridgehead atoms. The van der Waals surface area contributed by atoms with Gasteiger partial charge in [0.15, 0.2) is 0 Å². The Kier molecular flexibility index (Phi) is 4.85. The smallest absolute Gasteiger partial charge is 0.137 e. The Labute approximate surface area is 118 Å². The van der Waals surface area contributed by atoms with Gasteiger partial charge in [0.05, 0.1) is 18.8 Å². The maximum atomic E-state index is 9.21. The van der Waals surface area contributed by atoms with E-state index in [2.05, 4.69) is 6.07 Å². The molecule has 1 aromatic rings. The second-order valence-electron chi connectivity index (χ2n) is 4.64. The third-order valence-electron chi connectivity index (χ3n) is 3.22. The SMILES string of the molecule is N#Cc1cc(C(=N)CC=N)ccc1OC1CCOCC1. The minimum absolute atomic E-state index is 0.0859. The highest BCUT2D eigenvalue weighted by Gasteiger charge is 2.17. The van der Waals surface area contributed by atoms with E-state index in [0.29, 0.717) is 35.8 Å². The molecule has 0 spiro atoms. The van der Waals surface area contributed by atoms with Gasteiger partial charge >= 0.3 is 0 Å². The summed E-state index contributed by atoms with van der Waals surface area (Å²) in [6.07, 6.45) is 3.20. The van der Waals surface area contributed by atoms with E-state index in [1.807, 2.05) is 0 Å². The number of nitrogens with one attached hydrogen (secondary N) is 2. The Morgan fingerprint density at radius 2 is 2.20 bits per heavy atom. The van der Waals surface area contributed by atoms with Crippen molar-refractivity contribution in [2.75, 3.05) is 13.2 Å². The molecule has 1 aliphatic rings. The number of nitrogens with zero attached hydrogens (tertiary/aromatic N) is 1. The van der Waals surface area contributed by atoms with Gasteiger partial charge in [0.25, 0.3) is 0 Å². The largest absolute Gasteiger partial charge is 0.489 e. The van der Waals surface area contributed by atoms with Crippen molar-refractivity contribution in [3.8, 4) is 11.8 Å². The molecule has 0 unspecified atom stereocenters. The van der Waals surface area contributed by atoms with E-state index in [1.165, 1.54) is 6.21 Å². The summed E-state index contributed by atoms with van der Waals surface area (Å²) in [6.45, 7) is 1.38. The zero-order valence-corrected chi connectivity index (χ0v) is 11.2. The highest BCUT2D eigenvalue weighted by Crippen LogP contribution is 2.23. The zero-order chi connectivity index (χ0) is 14.4. The highest BCUT2D eigenvalue weighted by atomic mass is 16.5. The Morgan fingerprint density at radius 3 is 2.85 bits per heavy atom. The van der Waals surface area contributed by atoms with Crippen molar-refractivity contribution >= 4 is 11.9 Å². The number of ether oxygens (including phenoxy) is 2. The van der Waals surface area contributed by atoms with Crippen LogP contribution in [0.2, 0.25) is 0 Å². The lowest BCUT2D eigenvalue weighted by Crippen LogP contribution is -2.26. The Morgan fingerprint density at radius 1 is 1.45 bits per heavy atom. The predicted molar refractivity (Wildman–Crippen MR) is 75.9 cm³/mol. The molecule has 1 heterocycles. The van der Waals surface area contributed by atoms with Crippen LogP contribution in [0.4, 0.5) is 0 Å². The van der Waals surface area contributed by atoms with E-state index >= 15 is 0 Å². The van der Waals surface area contributed by atoms with Gasteiger partial charge in [0, 0.05) is 31.2 Å². The second-order valence-corrected chi connectivity index (χ2v) is 4.64. The van der Waals surface area contributed by atoms with Crippen LogP contribution in [-0.4, -0.2) is 31.2 Å². The van der Waals surface area contributed by atoms with Gasteiger partial charge in [0.1, 0.15) is 17.9 Å². The molecule has 0 atom stereocenters. The minimum Gasteiger partial charge on any atom is -0.489 e. The fourth-order valence-corrected chi connectivity index (χ4v) is 2.10. The van der Waals surface area contributed by atoms with Crippen molar-refractivity contribution in [1.82, 2.24) is 0 Å². The van der Waals surface area contributed by atoms with Crippen LogP contribution in [0.5, 0.6) is 5.75 Å². The second kappa shape index (κ2) is 6.83. The van der Waals surface area contributed by atoms with E-state index in [9.17, 15) is 5.26 Å². The summed E-state index contributed by atoms with van der Waals surface area (Å²) >= 11 is 0. The fraction of sp³-hybridized carbons (Fsp3) is 0.400. The molecule has 1 aliphatic heterocycles. The van der Waals surface area contributed by atoms with Crippen LogP contribution in [0.3, 0.4) is 0 Å². The van der Waals surface area contributed by atoms with E-state index in [4.69, 9.17) is 20.3 Å². The summed E-state index contributed by atoms with van der Waals surface area (Å²) in [5.41, 5.74) is 1.42. The van der Waals surface area contributed by atoms with E-state index < -0.39 is 0 Å². The van der Waals surface area contributed by atoms with Gasteiger partial charge in [0.2, 0.25) is 0 Å². The van der Waals surface area contributed by atoms with Gasteiger partial charge < -0.3 is 20.3 Å². The van der Waals surface area contributed by atoms with Gasteiger partial charge in [-0.15, -0.1) is 0 Å². The van der Waals surface area contributed by atoms with Crippen molar-refractivity contribution < 1.29 is 9.47 Å². The molecule has 1 saturated heterocycles. The first-order valence-corrected chi connectivity index (χ1v) is 6.60. The lowest BCUT2D eigenvalue weighted by molar-refractivity contribution is 0.0254. The quantitative estimate of drug-likeness (QED) is 0.806. The molecular weight excluding hydrogens is 254 g/mol. The summed E-state index contributed by atoms with van der Waals surface area (Å²) in [7, 11) is 0. The summed E-state index contributed by atoms with van der Waals surface area (Å²) < 4.78 is 11.1. The van der Waals surface area contributed by atoms with Crippen molar-refractivity contribution in [1.29, 1.82) is 16.1 Å². The molecule has 1 fully saturated rings. The lowest BCUT2D eigenvalue weighted by Gasteiger charge is -2.23. The van der Waals surface area contributed by atoms with Crippen LogP contribution < -0.4 is 4.74 Å². The number of benzene rings is 1. The van der Waals surface area contributed by atoms with Gasteiger partial charge in [-0.3, -0.25) is 0 Å². The molecule has 0 saturated carbocycles. The third-order valence-corrected chi connectivity index (χ3v) is 3.22. The maximum absolute atomic E-state index is 9.21. The first kappa shape index (κ1) is 14.2. The summed E-state index contributed by atoms with van der Waals surface area (Å²) in [5, 5.41) is 24.0. The summed E-state index contributed by atoms with van der Waals surface area (Å²) in [6, 6.07) is 7.27. The monoisotopic (exact) mass is 271 g/mol. The number of hydrogen-bond donors (Lipinski definition) is 2. The van der Waals surface area contributed by atoms with Crippen LogP contribution >= 0.6 is 0 Å². The third kappa shape index (κ3) is 3.43. The molecule has 2 rings (SSSR count). The maximum Gasteiger partial charge on any atom is 0.137 e. The first-order valence-electron chi connectivity index (χ1n) is 6.60. The molecule has 5 nitrogen and oxygen atoms in total. The Bertz CT molecular complexity index is 543. The minimum atomic E-state index is 0.0859. The molecule has 2 N–H and O–H groups in total. The van der Waals surface area contributed by atoms with Gasteiger partial charge in [-0.2, -0.15) is 5.26 Å².